The lowest BCUT2D eigenvalue weighted by Gasteiger charge is -2.38. The molecule has 80 valence electrons. The number of aliphatic hydroxyl groups is 4. The van der Waals surface area contributed by atoms with E-state index in [1.54, 1.807) is 0 Å². The molecule has 0 aromatic heterocycles. The van der Waals surface area contributed by atoms with Crippen molar-refractivity contribution in [3.05, 3.63) is 0 Å². The Morgan fingerprint density at radius 2 is 1.62 bits per heavy atom. The van der Waals surface area contributed by atoms with Crippen LogP contribution in [-0.2, 0) is 4.74 Å². The van der Waals surface area contributed by atoms with E-state index in [4.69, 9.17) is 25.8 Å². The van der Waals surface area contributed by atoms with Crippen LogP contribution in [0, 0.1) is 0 Å². The molecule has 1 fully saturated rings. The highest BCUT2D eigenvalue weighted by Gasteiger charge is 2.41. The lowest BCUT2D eigenvalue weighted by atomic mass is 9.99. The summed E-state index contributed by atoms with van der Waals surface area (Å²) in [5.74, 6) is 0. The van der Waals surface area contributed by atoms with Crippen molar-refractivity contribution >= 4 is 0 Å². The van der Waals surface area contributed by atoms with Gasteiger partial charge in [-0.3, -0.25) is 0 Å². The standard InChI is InChI=1S/C6H13NO5.H2O/c7-6-5(11)4(10)3(9)2(1-8)12-6;/h2-6,8-11H,1,7H2;1H2/t2-,3-,4+,5-,6-;/m1./s1. The van der Waals surface area contributed by atoms with Gasteiger partial charge in [-0.05, 0) is 0 Å². The summed E-state index contributed by atoms with van der Waals surface area (Å²) >= 11 is 0. The number of aliphatic hydroxyl groups excluding tert-OH is 4. The molecule has 0 aliphatic carbocycles. The fourth-order valence-corrected chi connectivity index (χ4v) is 1.13. The molecule has 0 radical (unpaired) electrons. The van der Waals surface area contributed by atoms with Crippen LogP contribution in [0.4, 0.5) is 0 Å². The Balaban J connectivity index is 0.00000144. The summed E-state index contributed by atoms with van der Waals surface area (Å²) in [7, 11) is 0. The first kappa shape index (κ1) is 12.7. The molecule has 7 heteroatoms. The van der Waals surface area contributed by atoms with Gasteiger partial charge < -0.3 is 36.4 Å². The fourth-order valence-electron chi connectivity index (χ4n) is 1.13. The molecule has 0 spiro atoms. The van der Waals surface area contributed by atoms with Crippen molar-refractivity contribution in [2.75, 3.05) is 6.61 Å². The third kappa shape index (κ3) is 2.35. The van der Waals surface area contributed by atoms with Gasteiger partial charge >= 0.3 is 0 Å². The monoisotopic (exact) mass is 197 g/mol. The van der Waals surface area contributed by atoms with Gasteiger partial charge in [0.25, 0.3) is 0 Å². The van der Waals surface area contributed by atoms with Crippen molar-refractivity contribution in [2.45, 2.75) is 30.6 Å². The molecule has 0 unspecified atom stereocenters. The zero-order valence-corrected chi connectivity index (χ0v) is 6.87. The number of rotatable bonds is 1. The van der Waals surface area contributed by atoms with Crippen LogP contribution in [-0.4, -0.2) is 63.2 Å². The van der Waals surface area contributed by atoms with Gasteiger partial charge in [0.15, 0.2) is 0 Å². The zero-order chi connectivity index (χ0) is 9.30. The summed E-state index contributed by atoms with van der Waals surface area (Å²) < 4.78 is 4.80. The molecule has 0 aromatic rings. The third-order valence-corrected chi connectivity index (χ3v) is 1.93. The maximum Gasteiger partial charge on any atom is 0.135 e. The Bertz CT molecular complexity index is 151. The van der Waals surface area contributed by atoms with Crippen molar-refractivity contribution in [3.8, 4) is 0 Å². The average Bonchev–Trinajstić information content (AvgIpc) is 2.08. The van der Waals surface area contributed by atoms with Crippen LogP contribution < -0.4 is 5.73 Å². The van der Waals surface area contributed by atoms with Gasteiger partial charge in [-0.2, -0.15) is 0 Å². The summed E-state index contributed by atoms with van der Waals surface area (Å²) in [5, 5.41) is 36.1. The molecule has 13 heavy (non-hydrogen) atoms. The number of hydrogen-bond acceptors (Lipinski definition) is 6. The highest BCUT2D eigenvalue weighted by Crippen LogP contribution is 2.17. The van der Waals surface area contributed by atoms with E-state index >= 15 is 0 Å². The van der Waals surface area contributed by atoms with Crippen LogP contribution in [0.3, 0.4) is 0 Å². The smallest absolute Gasteiger partial charge is 0.135 e. The van der Waals surface area contributed by atoms with Crippen LogP contribution in [0.15, 0.2) is 0 Å². The molecule has 0 bridgehead atoms. The van der Waals surface area contributed by atoms with E-state index in [-0.39, 0.29) is 5.48 Å². The van der Waals surface area contributed by atoms with E-state index in [1.807, 2.05) is 0 Å². The normalized spacial score (nSPS) is 45.5. The summed E-state index contributed by atoms with van der Waals surface area (Å²) in [6, 6.07) is 0. The highest BCUT2D eigenvalue weighted by molar-refractivity contribution is 4.89. The van der Waals surface area contributed by atoms with Gasteiger partial charge in [0, 0.05) is 0 Å². The summed E-state index contributed by atoms with van der Waals surface area (Å²) in [4.78, 5) is 0. The van der Waals surface area contributed by atoms with Gasteiger partial charge in [-0.1, -0.05) is 0 Å². The van der Waals surface area contributed by atoms with Gasteiger partial charge in [0.05, 0.1) is 6.61 Å². The van der Waals surface area contributed by atoms with E-state index in [0.29, 0.717) is 0 Å². The number of ether oxygens (including phenoxy) is 1. The molecule has 0 amide bonds. The second-order valence-corrected chi connectivity index (χ2v) is 2.79. The minimum Gasteiger partial charge on any atom is -0.412 e. The lowest BCUT2D eigenvalue weighted by Crippen LogP contribution is -2.61. The maximum absolute atomic E-state index is 9.18. The molecular formula is C6H15NO6. The van der Waals surface area contributed by atoms with Gasteiger partial charge in [-0.15, -0.1) is 0 Å². The van der Waals surface area contributed by atoms with Crippen molar-refractivity contribution in [2.24, 2.45) is 5.73 Å². The van der Waals surface area contributed by atoms with E-state index in [2.05, 4.69) is 0 Å². The van der Waals surface area contributed by atoms with E-state index in [1.165, 1.54) is 0 Å². The van der Waals surface area contributed by atoms with E-state index in [0.717, 1.165) is 0 Å². The number of nitrogens with two attached hydrogens (primary N) is 1. The Hall–Kier alpha value is -0.280. The average molecular weight is 197 g/mol. The van der Waals surface area contributed by atoms with Crippen molar-refractivity contribution in [1.82, 2.24) is 0 Å². The molecule has 1 aliphatic heterocycles. The molecule has 7 nitrogen and oxygen atoms in total. The topological polar surface area (TPSA) is 148 Å². The molecule has 1 aliphatic rings. The minimum atomic E-state index is -1.37. The quantitative estimate of drug-likeness (QED) is 0.288. The van der Waals surface area contributed by atoms with Gasteiger partial charge in [-0.25, -0.2) is 0 Å². The second kappa shape index (κ2) is 4.82. The largest absolute Gasteiger partial charge is 0.412 e. The van der Waals surface area contributed by atoms with Crippen molar-refractivity contribution < 1.29 is 30.6 Å². The van der Waals surface area contributed by atoms with Crippen LogP contribution in [0.5, 0.6) is 0 Å². The maximum atomic E-state index is 9.18. The molecule has 0 aromatic carbocycles. The predicted octanol–water partition coefficient (Wildman–Crippen LogP) is -4.08. The van der Waals surface area contributed by atoms with Crippen LogP contribution >= 0.6 is 0 Å². The second-order valence-electron chi connectivity index (χ2n) is 2.79. The molecule has 8 N–H and O–H groups in total. The fraction of sp³-hybridized carbons (Fsp3) is 1.00. The number of hydrogen-bond donors (Lipinski definition) is 5. The molecule has 1 saturated heterocycles. The van der Waals surface area contributed by atoms with Crippen LogP contribution in [0.2, 0.25) is 0 Å². The first-order chi connectivity index (χ1) is 5.57. The SMILES string of the molecule is N[C@@H]1O[C@H](CO)[C@@H](O)[C@H](O)[C@H]1O.O. The molecule has 5 atom stereocenters. The third-order valence-electron chi connectivity index (χ3n) is 1.93. The molecular weight excluding hydrogens is 182 g/mol. The highest BCUT2D eigenvalue weighted by atomic mass is 16.6. The summed E-state index contributed by atoms with van der Waals surface area (Å²) in [5.41, 5.74) is 5.24. The van der Waals surface area contributed by atoms with Crippen molar-refractivity contribution in [1.29, 1.82) is 0 Å². The Morgan fingerprint density at radius 1 is 1.08 bits per heavy atom. The van der Waals surface area contributed by atoms with E-state index in [9.17, 15) is 5.11 Å². The zero-order valence-electron chi connectivity index (χ0n) is 6.87. The Labute approximate surface area is 74.7 Å². The minimum absolute atomic E-state index is 0. The predicted molar refractivity (Wildman–Crippen MR) is 41.6 cm³/mol. The van der Waals surface area contributed by atoms with Gasteiger partial charge in [0.1, 0.15) is 30.6 Å². The van der Waals surface area contributed by atoms with Crippen LogP contribution in [0.25, 0.3) is 0 Å². The first-order valence-electron chi connectivity index (χ1n) is 3.64. The summed E-state index contributed by atoms with van der Waals surface area (Å²) in [6.45, 7) is -0.446. The lowest BCUT2D eigenvalue weighted by molar-refractivity contribution is -0.227. The first-order valence-corrected chi connectivity index (χ1v) is 3.64. The molecule has 1 heterocycles. The van der Waals surface area contributed by atoms with Crippen molar-refractivity contribution in [3.63, 3.8) is 0 Å². The summed E-state index contributed by atoms with van der Waals surface area (Å²) in [6.07, 6.45) is -5.99. The molecule has 1 rings (SSSR count). The Morgan fingerprint density at radius 3 is 2.08 bits per heavy atom. The van der Waals surface area contributed by atoms with Crippen LogP contribution in [0.1, 0.15) is 0 Å². The van der Waals surface area contributed by atoms with E-state index < -0.39 is 37.3 Å². The Kier molecular flexibility index (Phi) is 4.71. The molecule has 0 saturated carbocycles. The van der Waals surface area contributed by atoms with Gasteiger partial charge in [0.2, 0.25) is 0 Å².